The van der Waals surface area contributed by atoms with E-state index < -0.39 is 11.7 Å². The Kier molecular flexibility index (Phi) is 4.81. The van der Waals surface area contributed by atoms with Gasteiger partial charge in [-0.25, -0.2) is 4.39 Å². The summed E-state index contributed by atoms with van der Waals surface area (Å²) >= 11 is 0. The van der Waals surface area contributed by atoms with Crippen LogP contribution in [0.3, 0.4) is 0 Å². The van der Waals surface area contributed by atoms with Crippen LogP contribution in [0.25, 0.3) is 0 Å². The van der Waals surface area contributed by atoms with E-state index in [2.05, 4.69) is 0 Å². The highest BCUT2D eigenvalue weighted by atomic mass is 19.1. The average Bonchev–Trinajstić information content (AvgIpc) is 2.29. The molecule has 1 aromatic carbocycles. The molecular weight excluding hydrogens is 233 g/mol. The van der Waals surface area contributed by atoms with E-state index in [1.807, 2.05) is 19.9 Å². The Morgan fingerprint density at radius 2 is 2.22 bits per heavy atom. The number of carbonyl (C=O) groups is 1. The molecule has 0 atom stereocenters. The summed E-state index contributed by atoms with van der Waals surface area (Å²) < 4.78 is 13.7. The Balaban J connectivity index is 2.87. The lowest BCUT2D eigenvalue weighted by Gasteiger charge is -2.25. The first-order chi connectivity index (χ1) is 8.43. The molecule has 0 spiro atoms. The van der Waals surface area contributed by atoms with Crippen LogP contribution in [-0.2, 0) is 11.3 Å². The molecule has 2 N–H and O–H groups in total. The Labute approximate surface area is 106 Å². The predicted molar refractivity (Wildman–Crippen MR) is 65.9 cm³/mol. The van der Waals surface area contributed by atoms with Crippen molar-refractivity contribution < 1.29 is 9.18 Å². The van der Waals surface area contributed by atoms with Crippen LogP contribution >= 0.6 is 0 Å². The Hall–Kier alpha value is -1.93. The van der Waals surface area contributed by atoms with Crippen molar-refractivity contribution in [1.29, 1.82) is 5.26 Å². The summed E-state index contributed by atoms with van der Waals surface area (Å²) in [6, 6.07) is 6.26. The molecule has 96 valence electrons. The van der Waals surface area contributed by atoms with Gasteiger partial charge in [-0.1, -0.05) is 6.07 Å². The minimum absolute atomic E-state index is 0.0764. The topological polar surface area (TPSA) is 70.1 Å². The third-order valence-electron chi connectivity index (χ3n) is 2.64. The van der Waals surface area contributed by atoms with E-state index in [9.17, 15) is 9.18 Å². The summed E-state index contributed by atoms with van der Waals surface area (Å²) in [5.74, 6) is -0.887. The van der Waals surface area contributed by atoms with Crippen molar-refractivity contribution in [2.75, 3.05) is 6.54 Å². The molecule has 18 heavy (non-hydrogen) atoms. The van der Waals surface area contributed by atoms with Crippen LogP contribution in [0.4, 0.5) is 4.39 Å². The number of halogens is 1. The molecule has 0 heterocycles. The minimum Gasteiger partial charge on any atom is -0.369 e. The number of hydrogen-bond acceptors (Lipinski definition) is 3. The number of primary amides is 1. The zero-order valence-corrected chi connectivity index (χ0v) is 10.5. The van der Waals surface area contributed by atoms with Gasteiger partial charge in [0.05, 0.1) is 18.2 Å². The van der Waals surface area contributed by atoms with Crippen LogP contribution in [0.15, 0.2) is 18.2 Å². The van der Waals surface area contributed by atoms with Crippen molar-refractivity contribution in [2.24, 2.45) is 5.73 Å². The molecular formula is C13H16FN3O. The van der Waals surface area contributed by atoms with Gasteiger partial charge in [0.25, 0.3) is 0 Å². The van der Waals surface area contributed by atoms with Gasteiger partial charge in [0, 0.05) is 18.2 Å². The van der Waals surface area contributed by atoms with Crippen LogP contribution < -0.4 is 5.73 Å². The molecule has 0 aliphatic carbocycles. The maximum Gasteiger partial charge on any atom is 0.231 e. The first-order valence-electron chi connectivity index (χ1n) is 5.65. The summed E-state index contributed by atoms with van der Waals surface area (Å²) in [7, 11) is 0. The van der Waals surface area contributed by atoms with Gasteiger partial charge in [0.15, 0.2) is 0 Å². The third kappa shape index (κ3) is 3.82. The molecule has 0 unspecified atom stereocenters. The summed E-state index contributed by atoms with van der Waals surface area (Å²) in [6.45, 7) is 4.18. The summed E-state index contributed by atoms with van der Waals surface area (Å²) in [4.78, 5) is 12.7. The zero-order chi connectivity index (χ0) is 13.7. The Morgan fingerprint density at radius 1 is 1.56 bits per heavy atom. The van der Waals surface area contributed by atoms with Crippen molar-refractivity contribution in [3.8, 4) is 6.07 Å². The second-order valence-electron chi connectivity index (χ2n) is 4.38. The lowest BCUT2D eigenvalue weighted by atomic mass is 10.1. The van der Waals surface area contributed by atoms with Crippen molar-refractivity contribution in [2.45, 2.75) is 26.4 Å². The zero-order valence-electron chi connectivity index (χ0n) is 10.5. The molecule has 0 saturated heterocycles. The highest BCUT2D eigenvalue weighted by Crippen LogP contribution is 2.14. The highest BCUT2D eigenvalue weighted by Gasteiger charge is 2.15. The molecule has 1 rings (SSSR count). The fourth-order valence-corrected chi connectivity index (χ4v) is 1.59. The molecule has 0 aliphatic heterocycles. The van der Waals surface area contributed by atoms with Crippen LogP contribution in [-0.4, -0.2) is 23.4 Å². The molecule has 0 aromatic heterocycles. The Bertz CT molecular complexity index is 480. The normalized spacial score (nSPS) is 10.7. The van der Waals surface area contributed by atoms with Crippen LogP contribution in [0.2, 0.25) is 0 Å². The quantitative estimate of drug-likeness (QED) is 0.857. The van der Waals surface area contributed by atoms with Crippen molar-refractivity contribution in [3.63, 3.8) is 0 Å². The van der Waals surface area contributed by atoms with Crippen molar-refractivity contribution in [3.05, 3.63) is 35.1 Å². The number of hydrogen-bond donors (Lipinski definition) is 1. The Morgan fingerprint density at radius 3 is 2.67 bits per heavy atom. The summed E-state index contributed by atoms with van der Waals surface area (Å²) in [6.07, 6.45) is 0. The van der Waals surface area contributed by atoms with E-state index in [0.29, 0.717) is 5.56 Å². The predicted octanol–water partition coefficient (Wildman–Crippen LogP) is 1.39. The summed E-state index contributed by atoms with van der Waals surface area (Å²) in [5, 5.41) is 8.65. The van der Waals surface area contributed by atoms with Gasteiger partial charge in [-0.05, 0) is 26.0 Å². The largest absolute Gasteiger partial charge is 0.369 e. The molecule has 0 aliphatic rings. The van der Waals surface area contributed by atoms with Gasteiger partial charge < -0.3 is 5.73 Å². The van der Waals surface area contributed by atoms with Gasteiger partial charge in [-0.2, -0.15) is 5.26 Å². The van der Waals surface area contributed by atoms with E-state index in [4.69, 9.17) is 11.0 Å². The van der Waals surface area contributed by atoms with E-state index in [-0.39, 0.29) is 24.7 Å². The SMILES string of the molecule is CC(C)N(CC(N)=O)Cc1ccc(C#N)cc1F. The number of benzene rings is 1. The van der Waals surface area contributed by atoms with Gasteiger partial charge >= 0.3 is 0 Å². The van der Waals surface area contributed by atoms with E-state index in [1.54, 1.807) is 17.0 Å². The second kappa shape index (κ2) is 6.12. The lowest BCUT2D eigenvalue weighted by Crippen LogP contribution is -2.38. The van der Waals surface area contributed by atoms with Gasteiger partial charge in [-0.3, -0.25) is 9.69 Å². The standard InChI is InChI=1S/C13H16FN3O/c1-9(2)17(8-13(16)18)7-11-4-3-10(6-15)5-12(11)14/h3-5,9H,7-8H2,1-2H3,(H2,16,18). The van der Waals surface area contributed by atoms with E-state index >= 15 is 0 Å². The first kappa shape index (κ1) is 14.1. The molecule has 0 bridgehead atoms. The molecule has 5 heteroatoms. The number of nitriles is 1. The van der Waals surface area contributed by atoms with Crippen LogP contribution in [0.5, 0.6) is 0 Å². The van der Waals surface area contributed by atoms with Crippen molar-refractivity contribution >= 4 is 5.91 Å². The minimum atomic E-state index is -0.447. The second-order valence-corrected chi connectivity index (χ2v) is 4.38. The molecule has 0 radical (unpaired) electrons. The van der Waals surface area contributed by atoms with Crippen LogP contribution in [0.1, 0.15) is 25.0 Å². The average molecular weight is 249 g/mol. The smallest absolute Gasteiger partial charge is 0.231 e. The van der Waals surface area contributed by atoms with E-state index in [0.717, 1.165) is 0 Å². The van der Waals surface area contributed by atoms with Gasteiger partial charge in [0.1, 0.15) is 5.82 Å². The maximum atomic E-state index is 13.7. The molecule has 4 nitrogen and oxygen atoms in total. The first-order valence-corrected chi connectivity index (χ1v) is 5.65. The maximum absolute atomic E-state index is 13.7. The molecule has 1 amide bonds. The number of amides is 1. The molecule has 0 saturated carbocycles. The summed E-state index contributed by atoms with van der Waals surface area (Å²) in [5.41, 5.74) is 5.88. The molecule has 1 aromatic rings. The number of nitrogens with two attached hydrogens (primary N) is 1. The number of nitrogens with zero attached hydrogens (tertiary/aromatic N) is 2. The van der Waals surface area contributed by atoms with Crippen molar-refractivity contribution in [1.82, 2.24) is 4.90 Å². The van der Waals surface area contributed by atoms with Crippen LogP contribution in [0, 0.1) is 17.1 Å². The number of carbonyl (C=O) groups excluding carboxylic acids is 1. The molecule has 0 fully saturated rings. The number of rotatable bonds is 5. The van der Waals surface area contributed by atoms with Gasteiger partial charge in [-0.15, -0.1) is 0 Å². The third-order valence-corrected chi connectivity index (χ3v) is 2.64. The fraction of sp³-hybridized carbons (Fsp3) is 0.385. The monoisotopic (exact) mass is 249 g/mol. The lowest BCUT2D eigenvalue weighted by molar-refractivity contribution is -0.119. The van der Waals surface area contributed by atoms with E-state index in [1.165, 1.54) is 6.07 Å². The fourth-order valence-electron chi connectivity index (χ4n) is 1.59. The highest BCUT2D eigenvalue weighted by molar-refractivity contribution is 5.75. The van der Waals surface area contributed by atoms with Gasteiger partial charge in [0.2, 0.25) is 5.91 Å².